The SMILES string of the molecule is Cc1ccnc(N2CCC[C@@H](C(=O)NCCCN3CCCCCC3)C2)n1. The van der Waals surface area contributed by atoms with Crippen LogP contribution in [0.5, 0.6) is 0 Å². The van der Waals surface area contributed by atoms with Crippen molar-refractivity contribution in [1.82, 2.24) is 20.2 Å². The molecule has 26 heavy (non-hydrogen) atoms. The van der Waals surface area contributed by atoms with E-state index in [0.29, 0.717) is 0 Å². The summed E-state index contributed by atoms with van der Waals surface area (Å²) in [7, 11) is 0. The first-order valence-electron chi connectivity index (χ1n) is 10.3. The minimum atomic E-state index is 0.0473. The second-order valence-electron chi connectivity index (χ2n) is 7.68. The minimum absolute atomic E-state index is 0.0473. The van der Waals surface area contributed by atoms with Crippen LogP contribution in [0.4, 0.5) is 5.95 Å². The van der Waals surface area contributed by atoms with E-state index in [2.05, 4.69) is 25.1 Å². The summed E-state index contributed by atoms with van der Waals surface area (Å²) in [6.07, 6.45) is 10.2. The summed E-state index contributed by atoms with van der Waals surface area (Å²) in [5.74, 6) is 0.993. The second-order valence-corrected chi connectivity index (χ2v) is 7.68. The Morgan fingerprint density at radius 2 is 2.00 bits per heavy atom. The number of hydrogen-bond donors (Lipinski definition) is 1. The Bertz CT molecular complexity index is 571. The summed E-state index contributed by atoms with van der Waals surface area (Å²) in [6.45, 7) is 7.97. The number of amides is 1. The third-order valence-corrected chi connectivity index (χ3v) is 5.51. The number of nitrogens with one attached hydrogen (secondary N) is 1. The molecule has 3 rings (SSSR count). The summed E-state index contributed by atoms with van der Waals surface area (Å²) < 4.78 is 0. The van der Waals surface area contributed by atoms with Gasteiger partial charge in [-0.05, 0) is 64.7 Å². The van der Waals surface area contributed by atoms with Crippen molar-refractivity contribution in [1.29, 1.82) is 0 Å². The van der Waals surface area contributed by atoms with Gasteiger partial charge in [0.1, 0.15) is 0 Å². The van der Waals surface area contributed by atoms with Crippen LogP contribution in [-0.4, -0.2) is 60.0 Å². The number of carbonyl (C=O) groups excluding carboxylic acids is 1. The maximum absolute atomic E-state index is 12.6. The number of aromatic nitrogens is 2. The standard InChI is InChI=1S/C20H33N5O/c1-17-9-11-22-20(23-17)25-15-6-8-18(16-25)19(26)21-10-7-14-24-12-4-2-3-5-13-24/h9,11,18H,2-8,10,12-16H2,1H3,(H,21,26)/t18-/m1/s1. The number of likely N-dealkylation sites (tertiary alicyclic amines) is 1. The van der Waals surface area contributed by atoms with Crippen LogP contribution in [0.2, 0.25) is 0 Å². The molecule has 0 radical (unpaired) electrons. The van der Waals surface area contributed by atoms with Crippen LogP contribution in [0, 0.1) is 12.8 Å². The molecule has 2 fully saturated rings. The number of aryl methyl sites for hydroxylation is 1. The first-order chi connectivity index (χ1) is 12.7. The van der Waals surface area contributed by atoms with Crippen LogP contribution in [0.1, 0.15) is 50.6 Å². The third-order valence-electron chi connectivity index (χ3n) is 5.51. The van der Waals surface area contributed by atoms with Crippen LogP contribution >= 0.6 is 0 Å². The van der Waals surface area contributed by atoms with Gasteiger partial charge in [-0.2, -0.15) is 0 Å². The molecule has 0 spiro atoms. The molecule has 1 amide bonds. The molecular weight excluding hydrogens is 326 g/mol. The maximum atomic E-state index is 12.6. The zero-order chi connectivity index (χ0) is 18.2. The molecule has 6 heteroatoms. The second kappa shape index (κ2) is 9.86. The fraction of sp³-hybridized carbons (Fsp3) is 0.750. The molecular formula is C20H33N5O. The molecule has 0 saturated carbocycles. The van der Waals surface area contributed by atoms with E-state index in [4.69, 9.17) is 0 Å². The van der Waals surface area contributed by atoms with Crippen molar-refractivity contribution in [3.05, 3.63) is 18.0 Å². The summed E-state index contributed by atoms with van der Waals surface area (Å²) in [5.41, 5.74) is 0.968. The van der Waals surface area contributed by atoms with Gasteiger partial charge in [-0.15, -0.1) is 0 Å². The van der Waals surface area contributed by atoms with Crippen molar-refractivity contribution >= 4 is 11.9 Å². The topological polar surface area (TPSA) is 61.4 Å². The van der Waals surface area contributed by atoms with Crippen LogP contribution in [0.25, 0.3) is 0 Å². The summed E-state index contributed by atoms with van der Waals surface area (Å²) >= 11 is 0. The van der Waals surface area contributed by atoms with Gasteiger partial charge >= 0.3 is 0 Å². The van der Waals surface area contributed by atoms with Gasteiger partial charge in [-0.25, -0.2) is 9.97 Å². The van der Waals surface area contributed by atoms with Crippen LogP contribution in [0.15, 0.2) is 12.3 Å². The molecule has 3 heterocycles. The molecule has 0 bridgehead atoms. The molecule has 1 aromatic rings. The van der Waals surface area contributed by atoms with Crippen LogP contribution < -0.4 is 10.2 Å². The molecule has 144 valence electrons. The summed E-state index contributed by atoms with van der Waals surface area (Å²) in [5, 5.41) is 3.16. The number of carbonyl (C=O) groups is 1. The monoisotopic (exact) mass is 359 g/mol. The predicted octanol–water partition coefficient (Wildman–Crippen LogP) is 2.38. The molecule has 1 N–H and O–H groups in total. The fourth-order valence-electron chi connectivity index (χ4n) is 3.98. The Labute approximate surface area is 157 Å². The molecule has 0 aromatic carbocycles. The van der Waals surface area contributed by atoms with Crippen molar-refractivity contribution in [3.8, 4) is 0 Å². The lowest BCUT2D eigenvalue weighted by atomic mass is 9.97. The van der Waals surface area contributed by atoms with E-state index >= 15 is 0 Å². The Hall–Kier alpha value is -1.69. The van der Waals surface area contributed by atoms with Gasteiger partial charge in [-0.3, -0.25) is 4.79 Å². The van der Waals surface area contributed by atoms with Crippen molar-refractivity contribution in [3.63, 3.8) is 0 Å². The van der Waals surface area contributed by atoms with E-state index in [1.54, 1.807) is 6.20 Å². The largest absolute Gasteiger partial charge is 0.356 e. The summed E-state index contributed by atoms with van der Waals surface area (Å²) in [6, 6.07) is 1.90. The van der Waals surface area contributed by atoms with E-state index < -0.39 is 0 Å². The lowest BCUT2D eigenvalue weighted by Crippen LogP contribution is -2.44. The highest BCUT2D eigenvalue weighted by Gasteiger charge is 2.26. The number of hydrogen-bond acceptors (Lipinski definition) is 5. The van der Waals surface area contributed by atoms with Gasteiger partial charge in [0.05, 0.1) is 5.92 Å². The van der Waals surface area contributed by atoms with Gasteiger partial charge < -0.3 is 15.1 Å². The van der Waals surface area contributed by atoms with Gasteiger partial charge in [-0.1, -0.05) is 12.8 Å². The van der Waals surface area contributed by atoms with Gasteiger partial charge in [0.15, 0.2) is 0 Å². The highest BCUT2D eigenvalue weighted by Crippen LogP contribution is 2.20. The van der Waals surface area contributed by atoms with E-state index in [1.165, 1.54) is 38.8 Å². The van der Waals surface area contributed by atoms with E-state index in [1.807, 2.05) is 13.0 Å². The first-order valence-corrected chi connectivity index (χ1v) is 10.3. The first kappa shape index (κ1) is 19.1. The molecule has 2 aliphatic heterocycles. The zero-order valence-electron chi connectivity index (χ0n) is 16.1. The van der Waals surface area contributed by atoms with Crippen molar-refractivity contribution in [2.75, 3.05) is 44.2 Å². The van der Waals surface area contributed by atoms with Crippen molar-refractivity contribution in [2.45, 2.75) is 51.9 Å². The average molecular weight is 360 g/mol. The third kappa shape index (κ3) is 5.66. The molecule has 2 aliphatic rings. The average Bonchev–Trinajstić information content (AvgIpc) is 2.94. The summed E-state index contributed by atoms with van der Waals surface area (Å²) in [4.78, 5) is 26.1. The molecule has 6 nitrogen and oxygen atoms in total. The fourth-order valence-corrected chi connectivity index (χ4v) is 3.98. The van der Waals surface area contributed by atoms with Crippen LogP contribution in [0.3, 0.4) is 0 Å². The van der Waals surface area contributed by atoms with Crippen molar-refractivity contribution < 1.29 is 4.79 Å². The zero-order valence-corrected chi connectivity index (χ0v) is 16.1. The van der Waals surface area contributed by atoms with Gasteiger partial charge in [0.2, 0.25) is 11.9 Å². The number of anilines is 1. The normalized spacial score (nSPS) is 22.0. The van der Waals surface area contributed by atoms with Gasteiger partial charge in [0.25, 0.3) is 0 Å². The predicted molar refractivity (Wildman–Crippen MR) is 104 cm³/mol. The smallest absolute Gasteiger partial charge is 0.225 e. The quantitative estimate of drug-likeness (QED) is 0.790. The van der Waals surface area contributed by atoms with Crippen molar-refractivity contribution in [2.24, 2.45) is 5.92 Å². The minimum Gasteiger partial charge on any atom is -0.356 e. The Balaban J connectivity index is 1.40. The van der Waals surface area contributed by atoms with E-state index in [-0.39, 0.29) is 11.8 Å². The maximum Gasteiger partial charge on any atom is 0.225 e. The molecule has 0 unspecified atom stereocenters. The van der Waals surface area contributed by atoms with E-state index in [9.17, 15) is 4.79 Å². The number of rotatable bonds is 6. The molecule has 2 saturated heterocycles. The molecule has 1 aromatic heterocycles. The number of piperidine rings is 1. The Kier molecular flexibility index (Phi) is 7.23. The Morgan fingerprint density at radius 3 is 2.77 bits per heavy atom. The number of nitrogens with zero attached hydrogens (tertiary/aromatic N) is 4. The Morgan fingerprint density at radius 1 is 1.19 bits per heavy atom. The van der Waals surface area contributed by atoms with Crippen LogP contribution in [-0.2, 0) is 4.79 Å². The van der Waals surface area contributed by atoms with E-state index in [0.717, 1.165) is 57.1 Å². The highest BCUT2D eigenvalue weighted by molar-refractivity contribution is 5.79. The molecule has 0 aliphatic carbocycles. The lowest BCUT2D eigenvalue weighted by Gasteiger charge is -2.32. The van der Waals surface area contributed by atoms with Gasteiger partial charge in [0, 0.05) is 31.5 Å². The molecule has 1 atom stereocenters. The lowest BCUT2D eigenvalue weighted by molar-refractivity contribution is -0.125. The highest BCUT2D eigenvalue weighted by atomic mass is 16.1.